The predicted molar refractivity (Wildman–Crippen MR) is 170 cm³/mol. The number of aromatic nitrogens is 2. The standard InChI is InChI=1S/C34H27N3O2S2/c38-33-31(41-34(40)36(33)21-20-25-10-4-1-5-11-25)22-28-23-37(29-14-8-3-9-15-29)35-32(28)27-16-18-30(19-17-27)39-24-26-12-6-2-7-13-26/h1-19,22-23H,20-21,24H2/b31-22-. The van der Waals surface area contributed by atoms with Crippen molar-refractivity contribution in [2.45, 2.75) is 13.0 Å². The molecule has 0 N–H and O–H groups in total. The van der Waals surface area contributed by atoms with Gasteiger partial charge in [0.05, 0.1) is 16.3 Å². The van der Waals surface area contributed by atoms with Gasteiger partial charge in [0, 0.05) is 23.9 Å². The van der Waals surface area contributed by atoms with Crippen LogP contribution in [0.1, 0.15) is 16.7 Å². The van der Waals surface area contributed by atoms with Gasteiger partial charge in [0.25, 0.3) is 5.91 Å². The van der Waals surface area contributed by atoms with E-state index in [0.29, 0.717) is 22.4 Å². The van der Waals surface area contributed by atoms with Crippen molar-refractivity contribution in [1.82, 2.24) is 14.7 Å². The number of hydrogen-bond acceptors (Lipinski definition) is 5. The second-order valence-electron chi connectivity index (χ2n) is 9.58. The van der Waals surface area contributed by atoms with Gasteiger partial charge in [0.2, 0.25) is 0 Å². The molecule has 2 heterocycles. The number of ether oxygens (including phenoxy) is 1. The molecule has 0 unspecified atom stereocenters. The van der Waals surface area contributed by atoms with E-state index in [9.17, 15) is 4.79 Å². The average Bonchev–Trinajstić information content (AvgIpc) is 3.56. The Bertz CT molecular complexity index is 1680. The number of amides is 1. The number of para-hydroxylation sites is 1. The lowest BCUT2D eigenvalue weighted by Crippen LogP contribution is -2.30. The first kappa shape index (κ1) is 26.7. The van der Waals surface area contributed by atoms with E-state index >= 15 is 0 Å². The largest absolute Gasteiger partial charge is 0.489 e. The van der Waals surface area contributed by atoms with Gasteiger partial charge >= 0.3 is 0 Å². The fraction of sp³-hybridized carbons (Fsp3) is 0.0882. The Balaban J connectivity index is 1.26. The predicted octanol–water partition coefficient (Wildman–Crippen LogP) is 7.56. The summed E-state index contributed by atoms with van der Waals surface area (Å²) in [5, 5.41) is 4.92. The Morgan fingerprint density at radius 3 is 2.12 bits per heavy atom. The van der Waals surface area contributed by atoms with Gasteiger partial charge in [-0.2, -0.15) is 5.10 Å². The van der Waals surface area contributed by atoms with E-state index in [1.54, 1.807) is 4.90 Å². The number of thioether (sulfide) groups is 1. The van der Waals surface area contributed by atoms with Crippen LogP contribution < -0.4 is 4.74 Å². The minimum absolute atomic E-state index is 0.0704. The number of benzene rings is 4. The summed E-state index contributed by atoms with van der Waals surface area (Å²) in [7, 11) is 0. The van der Waals surface area contributed by atoms with Crippen LogP contribution in [0.5, 0.6) is 5.75 Å². The molecule has 202 valence electrons. The number of carbonyl (C=O) groups excluding carboxylic acids is 1. The average molecular weight is 574 g/mol. The molecule has 0 aliphatic carbocycles. The Labute approximate surface area is 249 Å². The lowest BCUT2D eigenvalue weighted by Gasteiger charge is -2.14. The smallest absolute Gasteiger partial charge is 0.266 e. The zero-order valence-electron chi connectivity index (χ0n) is 22.2. The van der Waals surface area contributed by atoms with Crippen molar-refractivity contribution in [3.8, 4) is 22.7 Å². The van der Waals surface area contributed by atoms with Crippen LogP contribution in [0, 0.1) is 0 Å². The molecule has 0 bridgehead atoms. The number of thiocarbonyl (C=S) groups is 1. The number of carbonyl (C=O) groups is 1. The van der Waals surface area contributed by atoms with Crippen molar-refractivity contribution in [2.75, 3.05) is 6.54 Å². The molecule has 0 spiro atoms. The topological polar surface area (TPSA) is 47.4 Å². The molecule has 1 aliphatic heterocycles. The summed E-state index contributed by atoms with van der Waals surface area (Å²) in [4.78, 5) is 15.7. The minimum Gasteiger partial charge on any atom is -0.489 e. The molecule has 5 nitrogen and oxygen atoms in total. The quantitative estimate of drug-likeness (QED) is 0.135. The molecule has 0 atom stereocenters. The summed E-state index contributed by atoms with van der Waals surface area (Å²) in [6.45, 7) is 1.05. The van der Waals surface area contributed by atoms with E-state index in [-0.39, 0.29) is 5.91 Å². The molecule has 4 aromatic carbocycles. The molecular formula is C34H27N3O2S2. The maximum Gasteiger partial charge on any atom is 0.266 e. The Morgan fingerprint density at radius 2 is 1.44 bits per heavy atom. The normalized spacial score (nSPS) is 14.1. The van der Waals surface area contributed by atoms with E-state index in [0.717, 1.165) is 40.2 Å². The summed E-state index contributed by atoms with van der Waals surface area (Å²) in [5.74, 6) is 0.708. The zero-order chi connectivity index (χ0) is 28.0. The molecule has 1 aromatic heterocycles. The molecule has 7 heteroatoms. The van der Waals surface area contributed by atoms with E-state index in [4.69, 9.17) is 22.1 Å². The third kappa shape index (κ3) is 6.32. The van der Waals surface area contributed by atoms with Crippen LogP contribution in [0.15, 0.2) is 126 Å². The summed E-state index contributed by atoms with van der Waals surface area (Å²) in [5.41, 5.74) is 5.77. The highest BCUT2D eigenvalue weighted by Crippen LogP contribution is 2.35. The second-order valence-corrected chi connectivity index (χ2v) is 11.3. The van der Waals surface area contributed by atoms with E-state index < -0.39 is 0 Å². The molecule has 1 saturated heterocycles. The number of rotatable bonds is 9. The van der Waals surface area contributed by atoms with Crippen LogP contribution in [-0.2, 0) is 17.8 Å². The molecule has 6 rings (SSSR count). The van der Waals surface area contributed by atoms with Gasteiger partial charge in [-0.05, 0) is 60.0 Å². The van der Waals surface area contributed by atoms with Crippen molar-refractivity contribution in [1.29, 1.82) is 0 Å². The molecule has 0 saturated carbocycles. The van der Waals surface area contributed by atoms with Crippen LogP contribution in [0.3, 0.4) is 0 Å². The highest BCUT2D eigenvalue weighted by atomic mass is 32.2. The van der Waals surface area contributed by atoms with Crippen LogP contribution in [-0.4, -0.2) is 31.5 Å². The van der Waals surface area contributed by atoms with Gasteiger partial charge in [-0.25, -0.2) is 4.68 Å². The van der Waals surface area contributed by atoms with E-state index in [2.05, 4.69) is 12.1 Å². The first-order chi connectivity index (χ1) is 20.1. The highest BCUT2D eigenvalue weighted by Gasteiger charge is 2.32. The SMILES string of the molecule is O=C1/C(=C/c2cn(-c3ccccc3)nc2-c2ccc(OCc3ccccc3)cc2)SC(=S)N1CCc1ccccc1. The van der Waals surface area contributed by atoms with Crippen molar-refractivity contribution >= 4 is 40.3 Å². The van der Waals surface area contributed by atoms with Crippen molar-refractivity contribution in [3.05, 3.63) is 143 Å². The molecule has 5 aromatic rings. The first-order valence-corrected chi connectivity index (χ1v) is 14.6. The van der Waals surface area contributed by atoms with Crippen molar-refractivity contribution in [3.63, 3.8) is 0 Å². The van der Waals surface area contributed by atoms with Gasteiger partial charge in [0.1, 0.15) is 16.7 Å². The van der Waals surface area contributed by atoms with Crippen LogP contribution >= 0.6 is 24.0 Å². The van der Waals surface area contributed by atoms with Crippen LogP contribution in [0.25, 0.3) is 23.0 Å². The summed E-state index contributed by atoms with van der Waals surface area (Å²) >= 11 is 6.94. The lowest BCUT2D eigenvalue weighted by molar-refractivity contribution is -0.122. The van der Waals surface area contributed by atoms with Crippen molar-refractivity contribution in [2.24, 2.45) is 0 Å². The summed E-state index contributed by atoms with van der Waals surface area (Å²) in [6, 6.07) is 38.1. The number of nitrogens with zero attached hydrogens (tertiary/aromatic N) is 3. The van der Waals surface area contributed by atoms with Gasteiger partial charge in [-0.1, -0.05) is 103 Å². The Morgan fingerprint density at radius 1 is 0.805 bits per heavy atom. The second kappa shape index (κ2) is 12.4. The van der Waals surface area contributed by atoms with Crippen LogP contribution in [0.4, 0.5) is 0 Å². The van der Waals surface area contributed by atoms with E-state index in [1.165, 1.54) is 17.3 Å². The Hall–Kier alpha value is -4.46. The van der Waals surface area contributed by atoms with E-state index in [1.807, 2.05) is 120 Å². The fourth-order valence-corrected chi connectivity index (χ4v) is 5.90. The van der Waals surface area contributed by atoms with Crippen LogP contribution in [0.2, 0.25) is 0 Å². The molecule has 1 aliphatic rings. The molecular weight excluding hydrogens is 547 g/mol. The maximum absolute atomic E-state index is 13.4. The third-order valence-corrected chi connectivity index (χ3v) is 8.14. The summed E-state index contributed by atoms with van der Waals surface area (Å²) < 4.78 is 8.40. The minimum atomic E-state index is -0.0704. The Kier molecular flexibility index (Phi) is 8.07. The number of hydrogen-bond donors (Lipinski definition) is 0. The zero-order valence-corrected chi connectivity index (χ0v) is 23.9. The van der Waals surface area contributed by atoms with Gasteiger partial charge in [0.15, 0.2) is 0 Å². The maximum atomic E-state index is 13.4. The fourth-order valence-electron chi connectivity index (χ4n) is 4.60. The molecule has 0 radical (unpaired) electrons. The summed E-state index contributed by atoms with van der Waals surface area (Å²) in [6.07, 6.45) is 4.61. The molecule has 1 fully saturated rings. The first-order valence-electron chi connectivity index (χ1n) is 13.4. The lowest BCUT2D eigenvalue weighted by atomic mass is 10.1. The molecule has 1 amide bonds. The highest BCUT2D eigenvalue weighted by molar-refractivity contribution is 8.26. The van der Waals surface area contributed by atoms with Gasteiger partial charge < -0.3 is 4.74 Å². The third-order valence-electron chi connectivity index (χ3n) is 6.77. The molecule has 41 heavy (non-hydrogen) atoms. The van der Waals surface area contributed by atoms with Crippen molar-refractivity contribution < 1.29 is 9.53 Å². The monoisotopic (exact) mass is 573 g/mol. The van der Waals surface area contributed by atoms with Gasteiger partial charge in [-0.15, -0.1) is 0 Å². The van der Waals surface area contributed by atoms with Gasteiger partial charge in [-0.3, -0.25) is 9.69 Å².